The van der Waals surface area contributed by atoms with Crippen LogP contribution in [0, 0.1) is 6.92 Å². The van der Waals surface area contributed by atoms with Crippen molar-refractivity contribution in [3.63, 3.8) is 0 Å². The van der Waals surface area contributed by atoms with Crippen molar-refractivity contribution in [1.82, 2.24) is 4.98 Å². The first-order chi connectivity index (χ1) is 13.3. The lowest BCUT2D eigenvalue weighted by Gasteiger charge is -2.09. The normalized spacial score (nSPS) is 11.7. The van der Waals surface area contributed by atoms with Crippen LogP contribution in [0.1, 0.15) is 66.8 Å². The molecule has 0 bridgehead atoms. The van der Waals surface area contributed by atoms with E-state index in [1.165, 1.54) is 12.1 Å². The third-order valence-corrected chi connectivity index (χ3v) is 5.59. The van der Waals surface area contributed by atoms with E-state index in [1.54, 1.807) is 17.4 Å². The van der Waals surface area contributed by atoms with Crippen LogP contribution in [0.4, 0.5) is 13.2 Å². The van der Waals surface area contributed by atoms with E-state index in [9.17, 15) is 18.0 Å². The van der Waals surface area contributed by atoms with Crippen molar-refractivity contribution in [1.29, 1.82) is 0 Å². The monoisotopic (exact) mass is 413 g/mol. The van der Waals surface area contributed by atoms with E-state index in [1.807, 2.05) is 6.92 Å². The highest BCUT2D eigenvalue weighted by atomic mass is 32.1. The number of hydrogen-bond donors (Lipinski definition) is 1. The number of thiazole rings is 1. The van der Waals surface area contributed by atoms with Crippen molar-refractivity contribution < 1.29 is 23.1 Å². The smallest absolute Gasteiger partial charge is 0.416 e. The maximum absolute atomic E-state index is 13.0. The van der Waals surface area contributed by atoms with Gasteiger partial charge in [0.2, 0.25) is 0 Å². The van der Waals surface area contributed by atoms with Crippen LogP contribution in [0.2, 0.25) is 0 Å². The van der Waals surface area contributed by atoms with Crippen molar-refractivity contribution in [2.45, 2.75) is 70.9 Å². The average Bonchev–Trinajstić information content (AvgIpc) is 3.00. The van der Waals surface area contributed by atoms with E-state index in [0.29, 0.717) is 11.3 Å². The fraction of sp³-hybridized carbons (Fsp3) is 0.524. The van der Waals surface area contributed by atoms with Crippen LogP contribution in [-0.2, 0) is 17.4 Å². The predicted molar refractivity (Wildman–Crippen MR) is 106 cm³/mol. The maximum atomic E-state index is 13.0. The summed E-state index contributed by atoms with van der Waals surface area (Å²) in [4.78, 5) is 16.0. The zero-order valence-electron chi connectivity index (χ0n) is 16.0. The summed E-state index contributed by atoms with van der Waals surface area (Å²) < 4.78 is 38.9. The van der Waals surface area contributed by atoms with Crippen LogP contribution in [0.25, 0.3) is 11.3 Å². The van der Waals surface area contributed by atoms with Gasteiger partial charge in [-0.05, 0) is 38.3 Å². The lowest BCUT2D eigenvalue weighted by molar-refractivity contribution is -0.138. The van der Waals surface area contributed by atoms with Crippen LogP contribution >= 0.6 is 11.3 Å². The lowest BCUT2D eigenvalue weighted by atomic mass is 10.0. The van der Waals surface area contributed by atoms with Crippen molar-refractivity contribution in [3.8, 4) is 11.3 Å². The minimum atomic E-state index is -4.36. The van der Waals surface area contributed by atoms with Crippen LogP contribution in [-0.4, -0.2) is 16.1 Å². The molecular formula is C21H26F3NO2S. The van der Waals surface area contributed by atoms with E-state index >= 15 is 0 Å². The van der Waals surface area contributed by atoms with Gasteiger partial charge in [-0.2, -0.15) is 13.2 Å². The molecule has 1 N–H and O–H groups in total. The van der Waals surface area contributed by atoms with Gasteiger partial charge in [-0.1, -0.05) is 44.2 Å². The number of carbonyl (C=O) groups is 1. The molecule has 2 rings (SSSR count). The number of rotatable bonds is 11. The summed E-state index contributed by atoms with van der Waals surface area (Å²) in [6.45, 7) is 1.88. The summed E-state index contributed by atoms with van der Waals surface area (Å²) in [6.07, 6.45) is 3.62. The summed E-state index contributed by atoms with van der Waals surface area (Å²) >= 11 is 1.55. The van der Waals surface area contributed by atoms with Gasteiger partial charge in [0.25, 0.3) is 0 Å². The van der Waals surface area contributed by atoms with Gasteiger partial charge in [0.1, 0.15) is 0 Å². The number of aryl methyl sites for hydroxylation is 2. The molecule has 0 fully saturated rings. The van der Waals surface area contributed by atoms with Crippen molar-refractivity contribution >= 4 is 17.3 Å². The quantitative estimate of drug-likeness (QED) is 0.408. The molecule has 1 heterocycles. The number of carboxylic acid groups (broad SMARTS) is 1. The Hall–Kier alpha value is -1.89. The summed E-state index contributed by atoms with van der Waals surface area (Å²) in [5.74, 6) is -0.739. The number of alkyl halides is 3. The van der Waals surface area contributed by atoms with Crippen molar-refractivity contribution in [2.24, 2.45) is 0 Å². The molecule has 0 spiro atoms. The molecule has 0 saturated heterocycles. The largest absolute Gasteiger partial charge is 0.481 e. The average molecular weight is 414 g/mol. The number of unbranched alkanes of at least 4 members (excludes halogenated alkanes) is 6. The Morgan fingerprint density at radius 3 is 2.36 bits per heavy atom. The minimum Gasteiger partial charge on any atom is -0.481 e. The van der Waals surface area contributed by atoms with Gasteiger partial charge in [-0.3, -0.25) is 4.79 Å². The molecule has 28 heavy (non-hydrogen) atoms. The fourth-order valence-corrected chi connectivity index (χ4v) is 4.15. The number of carboxylic acids is 1. The first kappa shape index (κ1) is 22.4. The van der Waals surface area contributed by atoms with Crippen LogP contribution < -0.4 is 0 Å². The van der Waals surface area contributed by atoms with Crippen molar-refractivity contribution in [2.75, 3.05) is 0 Å². The minimum absolute atomic E-state index is 0.239. The van der Waals surface area contributed by atoms with Crippen LogP contribution in [0.5, 0.6) is 0 Å². The molecule has 0 amide bonds. The van der Waals surface area contributed by atoms with E-state index in [4.69, 9.17) is 5.11 Å². The summed E-state index contributed by atoms with van der Waals surface area (Å²) in [7, 11) is 0. The molecule has 0 atom stereocenters. The van der Waals surface area contributed by atoms with Gasteiger partial charge in [0, 0.05) is 16.9 Å². The summed E-state index contributed by atoms with van der Waals surface area (Å²) in [5, 5.41) is 9.46. The van der Waals surface area contributed by atoms with Gasteiger partial charge in [-0.25, -0.2) is 4.98 Å². The van der Waals surface area contributed by atoms with Gasteiger partial charge in [0.15, 0.2) is 0 Å². The SMILES string of the molecule is Cc1nc(-c2cccc(C(F)(F)F)c2)c(CCCCCCCCCC(=O)O)s1. The second kappa shape index (κ2) is 10.6. The molecule has 0 aliphatic carbocycles. The fourth-order valence-electron chi connectivity index (χ4n) is 3.15. The molecule has 1 aromatic carbocycles. The van der Waals surface area contributed by atoms with Gasteiger partial charge in [0.05, 0.1) is 16.3 Å². The van der Waals surface area contributed by atoms with E-state index in [0.717, 1.165) is 67.3 Å². The molecule has 0 saturated carbocycles. The molecule has 7 heteroatoms. The molecule has 0 unspecified atom stereocenters. The number of halogens is 3. The van der Waals surface area contributed by atoms with E-state index < -0.39 is 17.7 Å². The highest BCUT2D eigenvalue weighted by Gasteiger charge is 2.30. The number of aliphatic carboxylic acids is 1. The number of hydrogen-bond acceptors (Lipinski definition) is 3. The molecular weight excluding hydrogens is 387 g/mol. The Morgan fingerprint density at radius 1 is 1.07 bits per heavy atom. The molecule has 0 radical (unpaired) electrons. The van der Waals surface area contributed by atoms with Gasteiger partial charge in [-0.15, -0.1) is 11.3 Å². The standard InChI is InChI=1S/C21H26F3NO2S/c1-15-25-20(16-10-9-11-17(14-16)21(22,23)24)18(28-15)12-7-5-3-2-4-6-8-13-19(26)27/h9-11,14H,2-8,12-13H2,1H3,(H,26,27). The molecule has 1 aromatic heterocycles. The molecule has 2 aromatic rings. The summed E-state index contributed by atoms with van der Waals surface area (Å²) in [5.41, 5.74) is 0.541. The third kappa shape index (κ3) is 7.26. The van der Waals surface area contributed by atoms with E-state index in [2.05, 4.69) is 4.98 Å². The zero-order valence-corrected chi connectivity index (χ0v) is 16.8. The van der Waals surface area contributed by atoms with Crippen LogP contribution in [0.3, 0.4) is 0 Å². The lowest BCUT2D eigenvalue weighted by Crippen LogP contribution is -2.04. The first-order valence-corrected chi connectivity index (χ1v) is 10.4. The number of aromatic nitrogens is 1. The topological polar surface area (TPSA) is 50.2 Å². The highest BCUT2D eigenvalue weighted by molar-refractivity contribution is 7.12. The Balaban J connectivity index is 1.84. The highest BCUT2D eigenvalue weighted by Crippen LogP contribution is 2.34. The van der Waals surface area contributed by atoms with Crippen molar-refractivity contribution in [3.05, 3.63) is 39.7 Å². The Kier molecular flexibility index (Phi) is 8.48. The molecule has 0 aliphatic rings. The molecule has 3 nitrogen and oxygen atoms in total. The zero-order chi connectivity index (χ0) is 20.6. The summed E-state index contributed by atoms with van der Waals surface area (Å²) in [6, 6.07) is 5.37. The molecule has 154 valence electrons. The predicted octanol–water partition coefficient (Wildman–Crippen LogP) is 6.89. The second-order valence-corrected chi connectivity index (χ2v) is 8.24. The van der Waals surface area contributed by atoms with Gasteiger partial charge < -0.3 is 5.11 Å². The number of nitrogens with zero attached hydrogens (tertiary/aromatic N) is 1. The van der Waals surface area contributed by atoms with Crippen LogP contribution in [0.15, 0.2) is 24.3 Å². The maximum Gasteiger partial charge on any atom is 0.416 e. The second-order valence-electron chi connectivity index (χ2n) is 6.95. The third-order valence-electron chi connectivity index (χ3n) is 4.56. The Morgan fingerprint density at radius 2 is 1.71 bits per heavy atom. The Labute approximate surface area is 167 Å². The number of benzene rings is 1. The first-order valence-electron chi connectivity index (χ1n) is 9.63. The Bertz CT molecular complexity index is 771. The van der Waals surface area contributed by atoms with Gasteiger partial charge >= 0.3 is 12.1 Å². The van der Waals surface area contributed by atoms with E-state index in [-0.39, 0.29) is 6.42 Å². The molecule has 0 aliphatic heterocycles.